The fourth-order valence-corrected chi connectivity index (χ4v) is 1.58. The molecule has 0 saturated carbocycles. The Balaban J connectivity index is 3.31. The van der Waals surface area contributed by atoms with Crippen LogP contribution in [0.3, 0.4) is 0 Å². The molecule has 0 aliphatic carbocycles. The molecule has 0 amide bonds. The second-order valence-electron chi connectivity index (χ2n) is 3.03. The molecule has 0 aromatic heterocycles. The molecule has 0 saturated heterocycles. The van der Waals surface area contributed by atoms with Gasteiger partial charge in [-0.1, -0.05) is 19.9 Å². The monoisotopic (exact) mass is 177 g/mol. The number of aryl methyl sites for hydroxylation is 1. The molecule has 2 N–H and O–H groups in total. The van der Waals surface area contributed by atoms with Gasteiger partial charge in [-0.25, -0.2) is 0 Å². The summed E-state index contributed by atoms with van der Waals surface area (Å²) in [6, 6.07) is 3.78. The second-order valence-corrected chi connectivity index (χ2v) is 3.03. The van der Waals surface area contributed by atoms with Crippen LogP contribution in [0.25, 0.3) is 0 Å². The predicted molar refractivity (Wildman–Crippen MR) is 55.0 cm³/mol. The number of nitrogens with two attached hydrogens (primary N) is 1. The Labute approximate surface area is 78.8 Å². The van der Waals surface area contributed by atoms with Gasteiger partial charge >= 0.3 is 0 Å². The molecule has 0 atom stereocenters. The molecule has 0 aliphatic heterocycles. The van der Waals surface area contributed by atoms with E-state index in [1.165, 1.54) is 5.56 Å². The molecule has 1 aromatic carbocycles. The fraction of sp³-hybridized carbons (Fsp3) is 0.364. The van der Waals surface area contributed by atoms with Gasteiger partial charge in [0.05, 0.1) is 0 Å². The fourth-order valence-electron chi connectivity index (χ4n) is 1.58. The number of anilines is 1. The minimum atomic E-state index is 0.606. The van der Waals surface area contributed by atoms with E-state index in [1.807, 2.05) is 6.07 Å². The van der Waals surface area contributed by atoms with Crippen LogP contribution in [-0.4, -0.2) is 6.29 Å². The zero-order valence-corrected chi connectivity index (χ0v) is 8.13. The van der Waals surface area contributed by atoms with E-state index < -0.39 is 0 Å². The van der Waals surface area contributed by atoms with Crippen molar-refractivity contribution in [3.8, 4) is 0 Å². The highest BCUT2D eigenvalue weighted by atomic mass is 16.1. The third kappa shape index (κ3) is 1.72. The number of aldehydes is 1. The summed E-state index contributed by atoms with van der Waals surface area (Å²) in [5, 5.41) is 0. The number of carbonyl (C=O) groups excluding carboxylic acids is 1. The first-order valence-corrected chi connectivity index (χ1v) is 4.60. The Hall–Kier alpha value is -1.31. The van der Waals surface area contributed by atoms with Gasteiger partial charge in [-0.3, -0.25) is 4.79 Å². The summed E-state index contributed by atoms with van der Waals surface area (Å²) in [5.74, 6) is 0. The third-order valence-corrected chi connectivity index (χ3v) is 2.35. The summed E-state index contributed by atoms with van der Waals surface area (Å²) < 4.78 is 0. The average molecular weight is 177 g/mol. The molecule has 1 aromatic rings. The molecular weight excluding hydrogens is 162 g/mol. The first kappa shape index (κ1) is 9.78. The van der Waals surface area contributed by atoms with Crippen molar-refractivity contribution in [2.75, 3.05) is 5.73 Å². The number of hydrogen-bond acceptors (Lipinski definition) is 2. The van der Waals surface area contributed by atoms with Crippen LogP contribution in [-0.2, 0) is 12.8 Å². The van der Waals surface area contributed by atoms with Crippen LogP contribution in [0.5, 0.6) is 0 Å². The van der Waals surface area contributed by atoms with Crippen molar-refractivity contribution in [2.24, 2.45) is 0 Å². The molecule has 0 aliphatic rings. The van der Waals surface area contributed by atoms with E-state index in [9.17, 15) is 4.79 Å². The number of rotatable bonds is 3. The van der Waals surface area contributed by atoms with Gasteiger partial charge in [-0.2, -0.15) is 0 Å². The van der Waals surface area contributed by atoms with Crippen molar-refractivity contribution >= 4 is 12.0 Å². The van der Waals surface area contributed by atoms with Gasteiger partial charge < -0.3 is 5.73 Å². The zero-order chi connectivity index (χ0) is 9.84. The maximum atomic E-state index is 10.6. The van der Waals surface area contributed by atoms with Gasteiger partial charge in [0.2, 0.25) is 0 Å². The first-order chi connectivity index (χ1) is 6.24. The Kier molecular flexibility index (Phi) is 3.07. The van der Waals surface area contributed by atoms with Crippen molar-refractivity contribution in [2.45, 2.75) is 26.7 Å². The van der Waals surface area contributed by atoms with Gasteiger partial charge in [0.25, 0.3) is 0 Å². The van der Waals surface area contributed by atoms with Crippen LogP contribution in [0.4, 0.5) is 5.69 Å². The van der Waals surface area contributed by atoms with Gasteiger partial charge in [0, 0.05) is 11.3 Å². The number of nitrogen functional groups attached to an aromatic ring is 1. The molecule has 0 spiro atoms. The smallest absolute Gasteiger partial charge is 0.152 e. The minimum Gasteiger partial charge on any atom is -0.398 e. The van der Waals surface area contributed by atoms with Crippen LogP contribution < -0.4 is 5.73 Å². The standard InChI is InChI=1S/C11H15NO/c1-3-8-5-6-9(7-13)11(12)10(8)4-2/h5-7H,3-4,12H2,1-2H3. The maximum absolute atomic E-state index is 10.6. The van der Waals surface area contributed by atoms with E-state index in [4.69, 9.17) is 5.73 Å². The van der Waals surface area contributed by atoms with Crippen LogP contribution in [0.1, 0.15) is 35.3 Å². The molecule has 0 bridgehead atoms. The van der Waals surface area contributed by atoms with E-state index >= 15 is 0 Å². The molecule has 1 rings (SSSR count). The quantitative estimate of drug-likeness (QED) is 0.568. The Morgan fingerprint density at radius 2 is 2.00 bits per heavy atom. The molecule has 13 heavy (non-hydrogen) atoms. The lowest BCUT2D eigenvalue weighted by Crippen LogP contribution is -2.02. The van der Waals surface area contributed by atoms with Gasteiger partial charge in [-0.15, -0.1) is 0 Å². The number of hydrogen-bond donors (Lipinski definition) is 1. The van der Waals surface area contributed by atoms with E-state index in [0.29, 0.717) is 11.3 Å². The topological polar surface area (TPSA) is 43.1 Å². The zero-order valence-electron chi connectivity index (χ0n) is 8.13. The summed E-state index contributed by atoms with van der Waals surface area (Å²) in [7, 11) is 0. The highest BCUT2D eigenvalue weighted by molar-refractivity contribution is 5.85. The minimum absolute atomic E-state index is 0.606. The highest BCUT2D eigenvalue weighted by Crippen LogP contribution is 2.21. The lowest BCUT2D eigenvalue weighted by atomic mass is 9.98. The van der Waals surface area contributed by atoms with E-state index in [1.54, 1.807) is 6.07 Å². The average Bonchev–Trinajstić information content (AvgIpc) is 2.17. The van der Waals surface area contributed by atoms with E-state index in [0.717, 1.165) is 24.7 Å². The van der Waals surface area contributed by atoms with Crippen LogP contribution >= 0.6 is 0 Å². The molecule has 2 heteroatoms. The van der Waals surface area contributed by atoms with Gasteiger partial charge in [0.15, 0.2) is 6.29 Å². The predicted octanol–water partition coefficient (Wildman–Crippen LogP) is 2.21. The normalized spacial score (nSPS) is 10.0. The molecule has 0 heterocycles. The summed E-state index contributed by atoms with van der Waals surface area (Å²) in [5.41, 5.74) is 9.46. The van der Waals surface area contributed by atoms with Crippen molar-refractivity contribution in [3.63, 3.8) is 0 Å². The number of benzene rings is 1. The third-order valence-electron chi connectivity index (χ3n) is 2.35. The number of carbonyl (C=O) groups is 1. The maximum Gasteiger partial charge on any atom is 0.152 e. The van der Waals surface area contributed by atoms with Crippen molar-refractivity contribution in [1.29, 1.82) is 0 Å². The molecular formula is C11H15NO. The van der Waals surface area contributed by atoms with Crippen molar-refractivity contribution in [1.82, 2.24) is 0 Å². The highest BCUT2D eigenvalue weighted by Gasteiger charge is 2.06. The van der Waals surface area contributed by atoms with Crippen LogP contribution in [0, 0.1) is 0 Å². The Morgan fingerprint density at radius 3 is 2.46 bits per heavy atom. The van der Waals surface area contributed by atoms with E-state index in [-0.39, 0.29) is 0 Å². The lowest BCUT2D eigenvalue weighted by Gasteiger charge is -2.10. The molecule has 2 nitrogen and oxygen atoms in total. The summed E-state index contributed by atoms with van der Waals surface area (Å²) in [6.45, 7) is 4.15. The van der Waals surface area contributed by atoms with Crippen LogP contribution in [0.2, 0.25) is 0 Å². The van der Waals surface area contributed by atoms with E-state index in [2.05, 4.69) is 13.8 Å². The summed E-state index contributed by atoms with van der Waals surface area (Å²) in [4.78, 5) is 10.6. The van der Waals surface area contributed by atoms with Gasteiger partial charge in [0.1, 0.15) is 0 Å². The summed E-state index contributed by atoms with van der Waals surface area (Å²) in [6.07, 6.45) is 2.66. The first-order valence-electron chi connectivity index (χ1n) is 4.60. The lowest BCUT2D eigenvalue weighted by molar-refractivity contribution is 0.112. The SMILES string of the molecule is CCc1ccc(C=O)c(N)c1CC. The largest absolute Gasteiger partial charge is 0.398 e. The molecule has 70 valence electrons. The summed E-state index contributed by atoms with van der Waals surface area (Å²) >= 11 is 0. The van der Waals surface area contributed by atoms with Crippen molar-refractivity contribution in [3.05, 3.63) is 28.8 Å². The Bertz CT molecular complexity index is 318. The Morgan fingerprint density at radius 1 is 1.31 bits per heavy atom. The molecule has 0 unspecified atom stereocenters. The molecule has 0 fully saturated rings. The van der Waals surface area contributed by atoms with Crippen LogP contribution in [0.15, 0.2) is 12.1 Å². The van der Waals surface area contributed by atoms with Gasteiger partial charge in [-0.05, 0) is 30.0 Å². The second kappa shape index (κ2) is 4.08. The molecule has 0 radical (unpaired) electrons. The van der Waals surface area contributed by atoms with Crippen molar-refractivity contribution < 1.29 is 4.79 Å².